The highest BCUT2D eigenvalue weighted by molar-refractivity contribution is 5.75. The zero-order chi connectivity index (χ0) is 24.2. The molecule has 1 heterocycles. The first-order chi connectivity index (χ1) is 15.7. The van der Waals surface area contributed by atoms with Crippen molar-refractivity contribution in [3.05, 3.63) is 82.9 Å². The monoisotopic (exact) mass is 453 g/mol. The molecule has 6 heteroatoms. The number of benzene rings is 3. The number of fused-ring (bicyclic) bond motifs is 1. The molecule has 0 saturated heterocycles. The predicted molar refractivity (Wildman–Crippen MR) is 127 cm³/mol. The first-order valence-electron chi connectivity index (χ1n) is 10.9. The van der Waals surface area contributed by atoms with Gasteiger partial charge >= 0.3 is 0 Å². The predicted octanol–water partition coefficient (Wildman–Crippen LogP) is 6.33. The summed E-state index contributed by atoms with van der Waals surface area (Å²) in [5.74, 6) is -0.844. The number of carbonyl (C=O) groups is 1. The molecule has 0 aliphatic carbocycles. The Balaban J connectivity index is 0.000000257. The lowest BCUT2D eigenvalue weighted by Crippen LogP contribution is -2.34. The largest absolute Gasteiger partial charge is 0.487 e. The van der Waals surface area contributed by atoms with E-state index in [0.717, 1.165) is 35.6 Å². The minimum Gasteiger partial charge on any atom is -0.487 e. The summed E-state index contributed by atoms with van der Waals surface area (Å²) in [6.45, 7) is 6.19. The van der Waals surface area contributed by atoms with E-state index in [1.165, 1.54) is 22.8 Å². The van der Waals surface area contributed by atoms with E-state index in [9.17, 15) is 18.7 Å². The van der Waals surface area contributed by atoms with Gasteiger partial charge in [0.15, 0.2) is 6.29 Å². The lowest BCUT2D eigenvalue weighted by Gasteiger charge is -2.36. The second kappa shape index (κ2) is 10.1. The molecular weight excluding hydrogens is 424 g/mol. The third kappa shape index (κ3) is 5.57. The number of anilines is 1. The van der Waals surface area contributed by atoms with E-state index in [2.05, 4.69) is 48.6 Å². The Kier molecular flexibility index (Phi) is 7.49. The van der Waals surface area contributed by atoms with E-state index < -0.39 is 23.3 Å². The molecule has 3 aromatic carbocycles. The summed E-state index contributed by atoms with van der Waals surface area (Å²) in [5.41, 5.74) is 4.75. The van der Waals surface area contributed by atoms with Crippen molar-refractivity contribution in [2.45, 2.75) is 45.3 Å². The minimum atomic E-state index is -0.824. The number of hydrogen-bond donors (Lipinski definition) is 2. The van der Waals surface area contributed by atoms with Gasteiger partial charge in [0, 0.05) is 24.7 Å². The number of carbonyl (C=O) groups excluding carboxylic acids is 1. The minimum absolute atomic E-state index is 0.157. The molecular formula is C27H29F2NO3. The molecule has 1 atom stereocenters. The van der Waals surface area contributed by atoms with Gasteiger partial charge in [-0.15, -0.1) is 0 Å². The Bertz CT molecular complexity index is 1110. The maximum atomic E-state index is 12.4. The Morgan fingerprint density at radius 2 is 1.76 bits per heavy atom. The number of aldehydes is 1. The molecule has 1 unspecified atom stereocenters. The number of aliphatic hydroxyl groups excluding tert-OH is 1. The van der Waals surface area contributed by atoms with E-state index in [-0.39, 0.29) is 11.9 Å². The van der Waals surface area contributed by atoms with Crippen molar-refractivity contribution in [2.24, 2.45) is 0 Å². The van der Waals surface area contributed by atoms with E-state index >= 15 is 0 Å². The van der Waals surface area contributed by atoms with Crippen LogP contribution in [0.1, 0.15) is 54.8 Å². The quantitative estimate of drug-likeness (QED) is 0.453. The highest BCUT2D eigenvalue weighted by Gasteiger charge is 2.33. The van der Waals surface area contributed by atoms with Crippen molar-refractivity contribution in [2.75, 3.05) is 12.4 Å². The van der Waals surface area contributed by atoms with Crippen LogP contribution < -0.4 is 10.1 Å². The summed E-state index contributed by atoms with van der Waals surface area (Å²) < 4.78 is 30.9. The van der Waals surface area contributed by atoms with Crippen molar-refractivity contribution in [1.82, 2.24) is 0 Å². The van der Waals surface area contributed by atoms with Gasteiger partial charge in [-0.05, 0) is 73.4 Å². The van der Waals surface area contributed by atoms with E-state index in [4.69, 9.17) is 4.74 Å². The van der Waals surface area contributed by atoms with Gasteiger partial charge in [0.1, 0.15) is 23.0 Å². The highest BCUT2D eigenvalue weighted by atomic mass is 19.1. The molecule has 0 bridgehead atoms. The number of aliphatic hydroxyl groups is 1. The summed E-state index contributed by atoms with van der Waals surface area (Å²) in [5, 5.41) is 13.6. The fraction of sp³-hybridized carbons (Fsp3) is 0.296. The number of rotatable bonds is 4. The zero-order valence-corrected chi connectivity index (χ0v) is 19.3. The van der Waals surface area contributed by atoms with Crippen LogP contribution in [0.15, 0.2) is 54.6 Å². The number of ether oxygens (including phenoxy) is 1. The van der Waals surface area contributed by atoms with Crippen molar-refractivity contribution in [3.8, 4) is 16.9 Å². The third-order valence-corrected chi connectivity index (χ3v) is 5.65. The van der Waals surface area contributed by atoms with Gasteiger partial charge in [-0.3, -0.25) is 4.79 Å². The van der Waals surface area contributed by atoms with Crippen LogP contribution in [-0.2, 0) is 6.42 Å². The smallest absolute Gasteiger partial charge is 0.155 e. The van der Waals surface area contributed by atoms with Gasteiger partial charge < -0.3 is 15.2 Å². The van der Waals surface area contributed by atoms with Crippen LogP contribution in [0.2, 0.25) is 0 Å². The maximum Gasteiger partial charge on any atom is 0.155 e. The zero-order valence-electron chi connectivity index (χ0n) is 19.3. The third-order valence-electron chi connectivity index (χ3n) is 5.65. The van der Waals surface area contributed by atoms with Crippen molar-refractivity contribution in [3.63, 3.8) is 0 Å². The maximum absolute atomic E-state index is 12.4. The van der Waals surface area contributed by atoms with Crippen LogP contribution in [0.25, 0.3) is 11.1 Å². The molecule has 0 saturated carbocycles. The first-order valence-corrected chi connectivity index (χ1v) is 10.9. The normalized spacial score (nSPS) is 16.0. The van der Waals surface area contributed by atoms with Crippen LogP contribution >= 0.6 is 0 Å². The highest BCUT2D eigenvalue weighted by Crippen LogP contribution is 2.43. The van der Waals surface area contributed by atoms with Gasteiger partial charge in [0.05, 0.1) is 11.7 Å². The average Bonchev–Trinajstić information content (AvgIpc) is 2.78. The molecule has 3 aromatic rings. The van der Waals surface area contributed by atoms with Gasteiger partial charge in [-0.1, -0.05) is 25.1 Å². The molecule has 4 nitrogen and oxygen atoms in total. The summed E-state index contributed by atoms with van der Waals surface area (Å²) in [6, 6.07) is 15.9. The molecule has 2 N–H and O–H groups in total. The van der Waals surface area contributed by atoms with Crippen LogP contribution in [-0.4, -0.2) is 24.0 Å². The van der Waals surface area contributed by atoms with Crippen molar-refractivity contribution < 1.29 is 23.4 Å². The summed E-state index contributed by atoms with van der Waals surface area (Å²) in [4.78, 5) is 9.97. The lowest BCUT2D eigenvalue weighted by atomic mass is 9.87. The Morgan fingerprint density at radius 1 is 1.12 bits per heavy atom. The fourth-order valence-electron chi connectivity index (χ4n) is 3.91. The van der Waals surface area contributed by atoms with Crippen LogP contribution in [0, 0.1) is 11.6 Å². The molecule has 1 aliphatic heterocycles. The molecule has 0 fully saturated rings. The average molecular weight is 454 g/mol. The van der Waals surface area contributed by atoms with Crippen LogP contribution in [0.4, 0.5) is 14.5 Å². The topological polar surface area (TPSA) is 58.6 Å². The van der Waals surface area contributed by atoms with Crippen molar-refractivity contribution in [1.29, 1.82) is 0 Å². The van der Waals surface area contributed by atoms with Crippen molar-refractivity contribution >= 4 is 12.0 Å². The van der Waals surface area contributed by atoms with E-state index in [1.807, 2.05) is 20.9 Å². The Hall–Kier alpha value is -3.25. The summed E-state index contributed by atoms with van der Waals surface area (Å²) in [7, 11) is 1.92. The van der Waals surface area contributed by atoms with Crippen LogP contribution in [0.5, 0.6) is 5.75 Å². The molecule has 0 spiro atoms. The van der Waals surface area contributed by atoms with Gasteiger partial charge in [-0.25, -0.2) is 8.78 Å². The standard InChI is InChI=1S/C20H25NO2.C7H4F2O/c1-5-13-10-17-18(22)12-20(2,3)23-19(17)11-16(13)14-6-8-15(21-4)9-7-14;8-6-2-1-3-7(9)5(6)4-10/h6-11,18,21-22H,5,12H2,1-4H3;1-4H. The SMILES string of the molecule is CCc1cc2c(cc1-c1ccc(NC)cc1)OC(C)(C)CC2O.O=Cc1c(F)cccc1F. The Morgan fingerprint density at radius 3 is 2.27 bits per heavy atom. The van der Waals surface area contributed by atoms with E-state index in [0.29, 0.717) is 6.42 Å². The number of nitrogens with one attached hydrogen (secondary N) is 1. The number of halogens is 2. The number of aryl methyl sites for hydroxylation is 1. The van der Waals surface area contributed by atoms with Gasteiger partial charge in [0.25, 0.3) is 0 Å². The van der Waals surface area contributed by atoms with Gasteiger partial charge in [-0.2, -0.15) is 0 Å². The molecule has 33 heavy (non-hydrogen) atoms. The fourth-order valence-corrected chi connectivity index (χ4v) is 3.91. The molecule has 0 radical (unpaired) electrons. The first kappa shape index (κ1) is 24.4. The molecule has 174 valence electrons. The molecule has 4 rings (SSSR count). The van der Waals surface area contributed by atoms with Crippen LogP contribution in [0.3, 0.4) is 0 Å². The molecule has 0 aromatic heterocycles. The molecule has 0 amide bonds. The van der Waals surface area contributed by atoms with Gasteiger partial charge in [0.2, 0.25) is 0 Å². The second-order valence-electron chi connectivity index (χ2n) is 8.56. The molecule has 1 aliphatic rings. The van der Waals surface area contributed by atoms with E-state index in [1.54, 1.807) is 0 Å². The number of hydrogen-bond acceptors (Lipinski definition) is 4. The Labute approximate surface area is 193 Å². The second-order valence-corrected chi connectivity index (χ2v) is 8.56. The summed E-state index contributed by atoms with van der Waals surface area (Å²) >= 11 is 0. The lowest BCUT2D eigenvalue weighted by molar-refractivity contribution is 0.0115. The summed E-state index contributed by atoms with van der Waals surface area (Å²) in [6.07, 6.45) is 1.25.